The fourth-order valence-electron chi connectivity index (χ4n) is 2.32. The molecule has 0 fully saturated rings. The molecule has 0 spiro atoms. The number of likely N-dealkylation sites (N-methyl/N-ethyl adjacent to an activating group) is 1. The molecule has 0 aliphatic heterocycles. The molecule has 0 radical (unpaired) electrons. The molecule has 2 rings (SSSR count). The van der Waals surface area contributed by atoms with E-state index in [4.69, 9.17) is 13.9 Å². The summed E-state index contributed by atoms with van der Waals surface area (Å²) in [6.07, 6.45) is 1.72. The molecule has 0 saturated heterocycles. The highest BCUT2D eigenvalue weighted by molar-refractivity contribution is 5.27. The number of hydrogen-bond donors (Lipinski definition) is 1. The lowest BCUT2D eigenvalue weighted by Crippen LogP contribution is -2.30. The number of benzene rings is 1. The molecule has 0 bridgehead atoms. The van der Waals surface area contributed by atoms with Crippen LogP contribution >= 0.6 is 0 Å². The van der Waals surface area contributed by atoms with E-state index in [9.17, 15) is 0 Å². The van der Waals surface area contributed by atoms with Gasteiger partial charge in [-0.05, 0) is 43.9 Å². The van der Waals surface area contributed by atoms with Crippen LogP contribution in [0.5, 0.6) is 5.75 Å². The predicted molar refractivity (Wildman–Crippen MR) is 90.7 cm³/mol. The van der Waals surface area contributed by atoms with Crippen molar-refractivity contribution in [1.29, 1.82) is 0 Å². The lowest BCUT2D eigenvalue weighted by Gasteiger charge is -2.22. The number of nitrogens with one attached hydrogen (secondary N) is 1. The summed E-state index contributed by atoms with van der Waals surface area (Å²) in [4.78, 5) is 2.15. The average Bonchev–Trinajstić information content (AvgIpc) is 3.07. The fourth-order valence-corrected chi connectivity index (χ4v) is 2.32. The highest BCUT2D eigenvalue weighted by Crippen LogP contribution is 2.18. The minimum atomic E-state index is 0.224. The summed E-state index contributed by atoms with van der Waals surface area (Å²) in [5, 5.41) is 3.48. The van der Waals surface area contributed by atoms with Crippen molar-refractivity contribution in [3.8, 4) is 5.75 Å². The topological polar surface area (TPSA) is 46.9 Å². The molecule has 2 aromatic rings. The minimum absolute atomic E-state index is 0.224. The van der Waals surface area contributed by atoms with E-state index < -0.39 is 0 Å². The second-order valence-corrected chi connectivity index (χ2v) is 5.61. The van der Waals surface area contributed by atoms with Crippen molar-refractivity contribution in [3.63, 3.8) is 0 Å². The first-order valence-corrected chi connectivity index (χ1v) is 7.82. The van der Waals surface area contributed by atoms with Gasteiger partial charge in [0.1, 0.15) is 18.1 Å². The van der Waals surface area contributed by atoms with Crippen molar-refractivity contribution >= 4 is 0 Å². The maximum Gasteiger partial charge on any atom is 0.122 e. The largest absolute Gasteiger partial charge is 0.491 e. The molecule has 1 N–H and O–H groups in total. The van der Waals surface area contributed by atoms with Crippen LogP contribution in [-0.2, 0) is 11.3 Å². The molecule has 1 heterocycles. The van der Waals surface area contributed by atoms with Gasteiger partial charge in [-0.25, -0.2) is 0 Å². The second kappa shape index (κ2) is 9.35. The van der Waals surface area contributed by atoms with Crippen molar-refractivity contribution in [2.45, 2.75) is 12.6 Å². The van der Waals surface area contributed by atoms with Gasteiger partial charge in [-0.15, -0.1) is 0 Å². The molecule has 5 heteroatoms. The van der Waals surface area contributed by atoms with E-state index in [1.807, 2.05) is 24.3 Å². The maximum absolute atomic E-state index is 5.56. The fraction of sp³-hybridized carbons (Fsp3) is 0.444. The van der Waals surface area contributed by atoms with Gasteiger partial charge < -0.3 is 19.2 Å². The van der Waals surface area contributed by atoms with Crippen molar-refractivity contribution in [2.24, 2.45) is 0 Å². The van der Waals surface area contributed by atoms with E-state index in [2.05, 4.69) is 36.4 Å². The Morgan fingerprint density at radius 3 is 2.52 bits per heavy atom. The molecular weight excluding hydrogens is 292 g/mol. The van der Waals surface area contributed by atoms with Crippen LogP contribution in [0.3, 0.4) is 0 Å². The summed E-state index contributed by atoms with van der Waals surface area (Å²) >= 11 is 0. The monoisotopic (exact) mass is 318 g/mol. The van der Waals surface area contributed by atoms with Crippen LogP contribution in [-0.4, -0.2) is 45.9 Å². The van der Waals surface area contributed by atoms with Gasteiger partial charge >= 0.3 is 0 Å². The molecule has 5 nitrogen and oxygen atoms in total. The molecule has 1 aromatic heterocycles. The summed E-state index contributed by atoms with van der Waals surface area (Å²) in [5.41, 5.74) is 1.22. The molecule has 1 unspecified atom stereocenters. The number of methoxy groups -OCH3 is 1. The maximum atomic E-state index is 5.56. The zero-order chi connectivity index (χ0) is 16.5. The normalized spacial score (nSPS) is 12.5. The Morgan fingerprint density at radius 2 is 1.91 bits per heavy atom. The molecular formula is C18H26N2O3. The third-order valence-corrected chi connectivity index (χ3v) is 3.64. The van der Waals surface area contributed by atoms with Crippen LogP contribution in [0, 0.1) is 0 Å². The molecule has 0 amide bonds. The molecule has 1 aromatic carbocycles. The summed E-state index contributed by atoms with van der Waals surface area (Å²) in [5.74, 6) is 1.84. The van der Waals surface area contributed by atoms with Crippen molar-refractivity contribution in [2.75, 3.05) is 41.0 Å². The number of nitrogens with zero attached hydrogens (tertiary/aromatic N) is 1. The lowest BCUT2D eigenvalue weighted by molar-refractivity contribution is 0.146. The lowest BCUT2D eigenvalue weighted by atomic mass is 10.2. The average molecular weight is 318 g/mol. The van der Waals surface area contributed by atoms with E-state index >= 15 is 0 Å². The summed E-state index contributed by atoms with van der Waals surface area (Å²) < 4.78 is 16.0. The number of ether oxygens (including phenoxy) is 2. The van der Waals surface area contributed by atoms with E-state index in [1.54, 1.807) is 13.4 Å². The van der Waals surface area contributed by atoms with E-state index in [-0.39, 0.29) is 6.04 Å². The second-order valence-electron chi connectivity index (χ2n) is 5.61. The van der Waals surface area contributed by atoms with Gasteiger partial charge in [0, 0.05) is 20.2 Å². The van der Waals surface area contributed by atoms with Gasteiger partial charge in [0.15, 0.2) is 0 Å². The van der Waals surface area contributed by atoms with Crippen LogP contribution in [0.25, 0.3) is 0 Å². The van der Waals surface area contributed by atoms with Gasteiger partial charge in [0.05, 0.1) is 18.9 Å². The number of hydrogen-bond acceptors (Lipinski definition) is 5. The highest BCUT2D eigenvalue weighted by Gasteiger charge is 2.16. The van der Waals surface area contributed by atoms with E-state index in [1.165, 1.54) is 5.56 Å². The third-order valence-electron chi connectivity index (χ3n) is 3.64. The smallest absolute Gasteiger partial charge is 0.122 e. The standard InChI is InChI=1S/C18H26N2O3/c1-20(2)17(18-5-4-10-23-18)14-19-13-15-6-8-16(9-7-15)22-12-11-21-3/h4-10,17,19H,11-14H2,1-3H3. The number of rotatable bonds is 10. The van der Waals surface area contributed by atoms with Gasteiger partial charge in [0.2, 0.25) is 0 Å². The highest BCUT2D eigenvalue weighted by atomic mass is 16.5. The van der Waals surface area contributed by atoms with Gasteiger partial charge in [-0.3, -0.25) is 4.90 Å². The molecule has 126 valence electrons. The Hall–Kier alpha value is -1.82. The van der Waals surface area contributed by atoms with Crippen LogP contribution in [0.2, 0.25) is 0 Å². The first kappa shape index (κ1) is 17.5. The Labute approximate surface area is 138 Å². The van der Waals surface area contributed by atoms with Crippen molar-refractivity contribution in [3.05, 3.63) is 54.0 Å². The summed E-state index contributed by atoms with van der Waals surface area (Å²) in [7, 11) is 5.78. The van der Waals surface area contributed by atoms with Gasteiger partial charge in [-0.1, -0.05) is 12.1 Å². The van der Waals surface area contributed by atoms with Crippen molar-refractivity contribution < 1.29 is 13.9 Å². The quantitative estimate of drug-likeness (QED) is 0.683. The Morgan fingerprint density at radius 1 is 1.13 bits per heavy atom. The first-order chi connectivity index (χ1) is 11.2. The zero-order valence-electron chi connectivity index (χ0n) is 14.1. The Kier molecular flexibility index (Phi) is 7.13. The summed E-state index contributed by atoms with van der Waals surface area (Å²) in [6, 6.07) is 12.3. The van der Waals surface area contributed by atoms with E-state index in [0.29, 0.717) is 13.2 Å². The van der Waals surface area contributed by atoms with Crippen molar-refractivity contribution in [1.82, 2.24) is 10.2 Å². The van der Waals surface area contributed by atoms with Crippen LogP contribution < -0.4 is 10.1 Å². The minimum Gasteiger partial charge on any atom is -0.491 e. The molecule has 0 aliphatic carbocycles. The van der Waals surface area contributed by atoms with E-state index in [0.717, 1.165) is 24.6 Å². The zero-order valence-corrected chi connectivity index (χ0v) is 14.1. The summed E-state index contributed by atoms with van der Waals surface area (Å²) in [6.45, 7) is 2.81. The van der Waals surface area contributed by atoms with Gasteiger partial charge in [-0.2, -0.15) is 0 Å². The SMILES string of the molecule is COCCOc1ccc(CNCC(c2ccco2)N(C)C)cc1. The predicted octanol–water partition coefficient (Wildman–Crippen LogP) is 2.70. The molecule has 1 atom stereocenters. The Bertz CT molecular complexity index is 538. The first-order valence-electron chi connectivity index (χ1n) is 7.82. The Balaban J connectivity index is 1.79. The van der Waals surface area contributed by atoms with Crippen LogP contribution in [0.15, 0.2) is 47.1 Å². The van der Waals surface area contributed by atoms with Crippen LogP contribution in [0.4, 0.5) is 0 Å². The molecule has 0 saturated carbocycles. The third kappa shape index (κ3) is 5.71. The van der Waals surface area contributed by atoms with Crippen LogP contribution in [0.1, 0.15) is 17.4 Å². The molecule has 23 heavy (non-hydrogen) atoms. The van der Waals surface area contributed by atoms with Gasteiger partial charge in [0.25, 0.3) is 0 Å². The number of furan rings is 1. The molecule has 0 aliphatic rings.